The van der Waals surface area contributed by atoms with E-state index in [-0.39, 0.29) is 0 Å². The molecule has 1 aliphatic heterocycles. The van der Waals surface area contributed by atoms with Gasteiger partial charge in [-0.1, -0.05) is 6.07 Å². The number of ether oxygens (including phenoxy) is 2. The van der Waals surface area contributed by atoms with E-state index >= 15 is 0 Å². The van der Waals surface area contributed by atoms with Gasteiger partial charge in [-0.2, -0.15) is 0 Å². The highest BCUT2D eigenvalue weighted by molar-refractivity contribution is 5.32. The molecule has 0 radical (unpaired) electrons. The van der Waals surface area contributed by atoms with Gasteiger partial charge >= 0.3 is 0 Å². The smallest absolute Gasteiger partial charge is 0.119 e. The summed E-state index contributed by atoms with van der Waals surface area (Å²) < 4.78 is 10.9. The van der Waals surface area contributed by atoms with Crippen LogP contribution in [0, 0.1) is 13.8 Å². The molecule has 4 nitrogen and oxygen atoms in total. The lowest BCUT2D eigenvalue weighted by atomic mass is 10.1. The van der Waals surface area contributed by atoms with Crippen molar-refractivity contribution in [2.24, 2.45) is 0 Å². The summed E-state index contributed by atoms with van der Waals surface area (Å²) >= 11 is 0. The number of hydrogen-bond donors (Lipinski definition) is 1. The fraction of sp³-hybridized carbons (Fsp3) is 0.600. The quantitative estimate of drug-likeness (QED) is 0.873. The van der Waals surface area contributed by atoms with Crippen LogP contribution in [0.25, 0.3) is 0 Å². The number of benzene rings is 1. The molecule has 0 saturated carbocycles. The van der Waals surface area contributed by atoms with E-state index in [9.17, 15) is 5.11 Å². The lowest BCUT2D eigenvalue weighted by Crippen LogP contribution is -2.42. The molecule has 0 aliphatic carbocycles. The van der Waals surface area contributed by atoms with Crippen molar-refractivity contribution in [3.8, 4) is 5.75 Å². The van der Waals surface area contributed by atoms with Gasteiger partial charge in [0.15, 0.2) is 0 Å². The molecule has 1 aromatic carbocycles. The van der Waals surface area contributed by atoms with E-state index in [4.69, 9.17) is 9.47 Å². The standard InChI is InChI=1S/C15H23NO3/c1-12-7-13(2)9-15(8-12)19-11-14(17)10-16-3-5-18-6-4-16/h7-9,14,17H,3-6,10-11H2,1-2H3. The first-order chi connectivity index (χ1) is 9.13. The second-order valence-corrected chi connectivity index (χ2v) is 5.20. The van der Waals surface area contributed by atoms with Crippen LogP contribution in [0.15, 0.2) is 18.2 Å². The van der Waals surface area contributed by atoms with Crippen LogP contribution < -0.4 is 4.74 Å². The van der Waals surface area contributed by atoms with Gasteiger partial charge in [0.2, 0.25) is 0 Å². The van der Waals surface area contributed by atoms with E-state index in [1.165, 1.54) is 11.1 Å². The number of nitrogens with zero attached hydrogens (tertiary/aromatic N) is 1. The lowest BCUT2D eigenvalue weighted by molar-refractivity contribution is 0.00464. The molecule has 0 amide bonds. The Morgan fingerprint density at radius 2 is 1.84 bits per heavy atom. The maximum atomic E-state index is 9.99. The van der Waals surface area contributed by atoms with E-state index in [1.807, 2.05) is 26.0 Å². The maximum Gasteiger partial charge on any atom is 0.119 e. The van der Waals surface area contributed by atoms with Gasteiger partial charge in [-0.05, 0) is 37.1 Å². The predicted octanol–water partition coefficient (Wildman–Crippen LogP) is 1.38. The number of aliphatic hydroxyl groups excluding tert-OH is 1. The van der Waals surface area contributed by atoms with Crippen molar-refractivity contribution in [2.45, 2.75) is 20.0 Å². The highest BCUT2D eigenvalue weighted by atomic mass is 16.5. The average Bonchev–Trinajstić information content (AvgIpc) is 2.36. The Hall–Kier alpha value is -1.10. The molecule has 4 heteroatoms. The summed E-state index contributed by atoms with van der Waals surface area (Å²) in [7, 11) is 0. The Balaban J connectivity index is 1.77. The molecule has 0 bridgehead atoms. The minimum atomic E-state index is -0.459. The van der Waals surface area contributed by atoms with Gasteiger partial charge in [0, 0.05) is 19.6 Å². The molecule has 0 aromatic heterocycles. The fourth-order valence-electron chi connectivity index (χ4n) is 2.34. The first-order valence-electron chi connectivity index (χ1n) is 6.83. The van der Waals surface area contributed by atoms with Crippen molar-refractivity contribution in [1.29, 1.82) is 0 Å². The Morgan fingerprint density at radius 1 is 1.21 bits per heavy atom. The topological polar surface area (TPSA) is 41.9 Å². The molecule has 1 aromatic rings. The van der Waals surface area contributed by atoms with E-state index in [2.05, 4.69) is 11.0 Å². The zero-order valence-electron chi connectivity index (χ0n) is 11.8. The highest BCUT2D eigenvalue weighted by Crippen LogP contribution is 2.16. The molecule has 1 aliphatic rings. The second-order valence-electron chi connectivity index (χ2n) is 5.20. The molecule has 1 saturated heterocycles. The minimum Gasteiger partial charge on any atom is -0.491 e. The van der Waals surface area contributed by atoms with Crippen LogP contribution in [0.2, 0.25) is 0 Å². The molecule has 106 valence electrons. The Morgan fingerprint density at radius 3 is 2.47 bits per heavy atom. The van der Waals surface area contributed by atoms with E-state index in [0.29, 0.717) is 13.2 Å². The molecule has 19 heavy (non-hydrogen) atoms. The third-order valence-electron chi connectivity index (χ3n) is 3.21. The number of aliphatic hydroxyl groups is 1. The molecule has 2 rings (SSSR count). The summed E-state index contributed by atoms with van der Waals surface area (Å²) in [6.07, 6.45) is -0.459. The van der Waals surface area contributed by atoms with Crippen LogP contribution in [0.1, 0.15) is 11.1 Å². The van der Waals surface area contributed by atoms with E-state index in [1.54, 1.807) is 0 Å². The SMILES string of the molecule is Cc1cc(C)cc(OCC(O)CN2CCOCC2)c1. The van der Waals surface area contributed by atoms with Gasteiger partial charge in [0.1, 0.15) is 18.5 Å². The first-order valence-corrected chi connectivity index (χ1v) is 6.83. The molecular weight excluding hydrogens is 242 g/mol. The Kier molecular flexibility index (Phi) is 5.19. The summed E-state index contributed by atoms with van der Waals surface area (Å²) in [6, 6.07) is 6.10. The predicted molar refractivity (Wildman–Crippen MR) is 74.7 cm³/mol. The van der Waals surface area contributed by atoms with Gasteiger partial charge in [-0.3, -0.25) is 4.90 Å². The molecule has 1 fully saturated rings. The molecule has 0 spiro atoms. The molecule has 1 N–H and O–H groups in total. The summed E-state index contributed by atoms with van der Waals surface area (Å²) in [5.41, 5.74) is 2.36. The summed E-state index contributed by atoms with van der Waals surface area (Å²) in [4.78, 5) is 2.21. The molecule has 1 atom stereocenters. The van der Waals surface area contributed by atoms with Crippen LogP contribution >= 0.6 is 0 Å². The van der Waals surface area contributed by atoms with Gasteiger partial charge in [0.05, 0.1) is 13.2 Å². The fourth-order valence-corrected chi connectivity index (χ4v) is 2.34. The average molecular weight is 265 g/mol. The number of hydrogen-bond acceptors (Lipinski definition) is 4. The first kappa shape index (κ1) is 14.3. The lowest BCUT2D eigenvalue weighted by Gasteiger charge is -2.28. The van der Waals surface area contributed by atoms with Crippen molar-refractivity contribution >= 4 is 0 Å². The maximum absolute atomic E-state index is 9.99. The van der Waals surface area contributed by atoms with Gasteiger partial charge in [-0.25, -0.2) is 0 Å². The molecule has 1 unspecified atom stereocenters. The van der Waals surface area contributed by atoms with Crippen molar-refractivity contribution in [2.75, 3.05) is 39.5 Å². The van der Waals surface area contributed by atoms with Crippen molar-refractivity contribution in [3.05, 3.63) is 29.3 Å². The zero-order chi connectivity index (χ0) is 13.7. The van der Waals surface area contributed by atoms with Crippen molar-refractivity contribution in [3.63, 3.8) is 0 Å². The number of rotatable bonds is 5. The Bertz CT molecular complexity index is 382. The summed E-state index contributed by atoms with van der Waals surface area (Å²) in [5.74, 6) is 0.832. The van der Waals surface area contributed by atoms with Crippen molar-refractivity contribution in [1.82, 2.24) is 4.90 Å². The van der Waals surface area contributed by atoms with Gasteiger partial charge < -0.3 is 14.6 Å². The van der Waals surface area contributed by atoms with Crippen LogP contribution in [-0.4, -0.2) is 55.6 Å². The van der Waals surface area contributed by atoms with Crippen LogP contribution in [0.4, 0.5) is 0 Å². The third-order valence-corrected chi connectivity index (χ3v) is 3.21. The Labute approximate surface area is 114 Å². The minimum absolute atomic E-state index is 0.334. The molecule has 1 heterocycles. The zero-order valence-corrected chi connectivity index (χ0v) is 11.8. The van der Waals surface area contributed by atoms with Crippen LogP contribution in [0.3, 0.4) is 0 Å². The normalized spacial score (nSPS) is 18.3. The van der Waals surface area contributed by atoms with E-state index in [0.717, 1.165) is 32.1 Å². The number of aryl methyl sites for hydroxylation is 2. The largest absolute Gasteiger partial charge is 0.491 e. The monoisotopic (exact) mass is 265 g/mol. The second kappa shape index (κ2) is 6.89. The van der Waals surface area contributed by atoms with Gasteiger partial charge in [0.25, 0.3) is 0 Å². The summed E-state index contributed by atoms with van der Waals surface area (Å²) in [5, 5.41) is 9.99. The number of morpholine rings is 1. The summed E-state index contributed by atoms with van der Waals surface area (Å²) in [6.45, 7) is 8.36. The third kappa shape index (κ3) is 4.82. The number of β-amino-alcohol motifs (C(OH)–C–C–N with tert-alkyl or cyclic N) is 1. The van der Waals surface area contributed by atoms with Crippen LogP contribution in [0.5, 0.6) is 5.75 Å². The highest BCUT2D eigenvalue weighted by Gasteiger charge is 2.15. The van der Waals surface area contributed by atoms with Gasteiger partial charge in [-0.15, -0.1) is 0 Å². The van der Waals surface area contributed by atoms with Crippen molar-refractivity contribution < 1.29 is 14.6 Å². The van der Waals surface area contributed by atoms with E-state index < -0.39 is 6.10 Å². The molecular formula is C15H23NO3. The van der Waals surface area contributed by atoms with Crippen LogP contribution in [-0.2, 0) is 4.74 Å².